The van der Waals surface area contributed by atoms with Crippen LogP contribution in [-0.2, 0) is 0 Å². The van der Waals surface area contributed by atoms with Crippen molar-refractivity contribution < 1.29 is 4.74 Å². The third kappa shape index (κ3) is 1.72. The quantitative estimate of drug-likeness (QED) is 0.690. The minimum Gasteiger partial charge on any atom is -0.496 e. The summed E-state index contributed by atoms with van der Waals surface area (Å²) in [7, 11) is 1.67. The van der Waals surface area contributed by atoms with Gasteiger partial charge in [-0.15, -0.1) is 0 Å². The van der Waals surface area contributed by atoms with Gasteiger partial charge in [0.2, 0.25) is 0 Å². The zero-order valence-corrected chi connectivity index (χ0v) is 10.3. The van der Waals surface area contributed by atoms with Gasteiger partial charge in [0.05, 0.1) is 24.7 Å². The van der Waals surface area contributed by atoms with Crippen LogP contribution in [0.2, 0.25) is 0 Å². The summed E-state index contributed by atoms with van der Waals surface area (Å²) in [6, 6.07) is 11.8. The molecule has 0 spiro atoms. The summed E-state index contributed by atoms with van der Waals surface area (Å²) in [4.78, 5) is 4.36. The Morgan fingerprint density at radius 2 is 1.94 bits per heavy atom. The first-order chi connectivity index (χ1) is 8.78. The second-order valence-electron chi connectivity index (χ2n) is 4.10. The van der Waals surface area contributed by atoms with Crippen molar-refractivity contribution in [3.05, 3.63) is 48.3 Å². The van der Waals surface area contributed by atoms with Gasteiger partial charge in [-0.25, -0.2) is 9.50 Å². The molecule has 1 aromatic carbocycles. The number of nitrogens with zero attached hydrogens (tertiary/aromatic N) is 3. The van der Waals surface area contributed by atoms with Gasteiger partial charge >= 0.3 is 0 Å². The summed E-state index contributed by atoms with van der Waals surface area (Å²) >= 11 is 0. The molecule has 2 aromatic heterocycles. The molecule has 90 valence electrons. The number of para-hydroxylation sites is 1. The molecule has 3 aromatic rings. The Hall–Kier alpha value is -2.36. The van der Waals surface area contributed by atoms with Gasteiger partial charge in [-0.05, 0) is 31.2 Å². The molecule has 0 aliphatic heterocycles. The number of aryl methyl sites for hydroxylation is 1. The molecular weight excluding hydrogens is 226 g/mol. The van der Waals surface area contributed by atoms with Crippen LogP contribution in [0.3, 0.4) is 0 Å². The van der Waals surface area contributed by atoms with E-state index < -0.39 is 0 Å². The molecule has 0 fully saturated rings. The Kier molecular flexibility index (Phi) is 2.48. The van der Waals surface area contributed by atoms with Crippen LogP contribution >= 0.6 is 0 Å². The molecule has 0 unspecified atom stereocenters. The standard InChI is InChI=1S/C14H13N3O/c1-10-9-17-14(15-10)8-7-12(16-17)11-5-3-4-6-13(11)18-2/h3-9H,1-2H3. The highest BCUT2D eigenvalue weighted by Gasteiger charge is 2.07. The first-order valence-electron chi connectivity index (χ1n) is 5.74. The molecule has 0 saturated carbocycles. The van der Waals surface area contributed by atoms with E-state index in [2.05, 4.69) is 10.1 Å². The molecule has 0 bridgehead atoms. The van der Waals surface area contributed by atoms with Crippen LogP contribution in [0, 0.1) is 6.92 Å². The third-order valence-electron chi connectivity index (χ3n) is 2.82. The van der Waals surface area contributed by atoms with E-state index in [1.54, 1.807) is 11.6 Å². The predicted molar refractivity (Wildman–Crippen MR) is 69.7 cm³/mol. The van der Waals surface area contributed by atoms with E-state index in [9.17, 15) is 0 Å². The third-order valence-corrected chi connectivity index (χ3v) is 2.82. The summed E-state index contributed by atoms with van der Waals surface area (Å²) in [6.07, 6.45) is 1.91. The first kappa shape index (κ1) is 10.8. The van der Waals surface area contributed by atoms with E-state index in [1.807, 2.05) is 49.5 Å². The number of ether oxygens (including phenoxy) is 1. The second kappa shape index (κ2) is 4.14. The van der Waals surface area contributed by atoms with Gasteiger partial charge in [0.15, 0.2) is 5.65 Å². The van der Waals surface area contributed by atoms with Gasteiger partial charge in [0, 0.05) is 5.56 Å². The predicted octanol–water partition coefficient (Wildman–Crippen LogP) is 2.71. The van der Waals surface area contributed by atoms with E-state index in [4.69, 9.17) is 4.74 Å². The van der Waals surface area contributed by atoms with Crippen LogP contribution in [0.4, 0.5) is 0 Å². The lowest BCUT2D eigenvalue weighted by molar-refractivity contribution is 0.416. The zero-order valence-electron chi connectivity index (χ0n) is 10.3. The Bertz CT molecular complexity index is 703. The molecule has 0 N–H and O–H groups in total. The van der Waals surface area contributed by atoms with Crippen LogP contribution < -0.4 is 4.74 Å². The van der Waals surface area contributed by atoms with Crippen molar-refractivity contribution in [3.8, 4) is 17.0 Å². The molecule has 0 aliphatic rings. The van der Waals surface area contributed by atoms with Gasteiger partial charge in [-0.3, -0.25) is 0 Å². The van der Waals surface area contributed by atoms with Crippen molar-refractivity contribution >= 4 is 5.65 Å². The molecule has 18 heavy (non-hydrogen) atoms. The van der Waals surface area contributed by atoms with Crippen LogP contribution in [0.25, 0.3) is 16.9 Å². The fourth-order valence-electron chi connectivity index (χ4n) is 2.00. The van der Waals surface area contributed by atoms with Crippen molar-refractivity contribution in [2.24, 2.45) is 0 Å². The highest BCUT2D eigenvalue weighted by molar-refractivity contribution is 5.67. The lowest BCUT2D eigenvalue weighted by Crippen LogP contribution is -1.95. The monoisotopic (exact) mass is 239 g/mol. The summed E-state index contributed by atoms with van der Waals surface area (Å²) < 4.78 is 7.14. The molecule has 4 nitrogen and oxygen atoms in total. The lowest BCUT2D eigenvalue weighted by atomic mass is 10.1. The van der Waals surface area contributed by atoms with E-state index in [1.165, 1.54) is 0 Å². The average Bonchev–Trinajstić information content (AvgIpc) is 2.77. The van der Waals surface area contributed by atoms with Crippen LogP contribution in [0.15, 0.2) is 42.6 Å². The Morgan fingerprint density at radius 3 is 2.78 bits per heavy atom. The molecule has 0 saturated heterocycles. The smallest absolute Gasteiger partial charge is 0.153 e. The number of fused-ring (bicyclic) bond motifs is 1. The van der Waals surface area contributed by atoms with Gasteiger partial charge in [0.1, 0.15) is 5.75 Å². The summed E-state index contributed by atoms with van der Waals surface area (Å²) in [5, 5.41) is 4.55. The van der Waals surface area contributed by atoms with E-state index in [0.29, 0.717) is 0 Å². The molecule has 4 heteroatoms. The number of imidazole rings is 1. The van der Waals surface area contributed by atoms with Gasteiger partial charge < -0.3 is 4.74 Å². The van der Waals surface area contributed by atoms with Gasteiger partial charge in [-0.2, -0.15) is 5.10 Å². The Labute approximate surface area is 105 Å². The molecule has 0 aliphatic carbocycles. The van der Waals surface area contributed by atoms with E-state index >= 15 is 0 Å². The van der Waals surface area contributed by atoms with Crippen LogP contribution in [0.5, 0.6) is 5.75 Å². The molecule has 0 radical (unpaired) electrons. The van der Waals surface area contributed by atoms with Crippen LogP contribution in [-0.4, -0.2) is 21.7 Å². The van der Waals surface area contributed by atoms with E-state index in [-0.39, 0.29) is 0 Å². The van der Waals surface area contributed by atoms with Crippen molar-refractivity contribution in [1.82, 2.24) is 14.6 Å². The van der Waals surface area contributed by atoms with Crippen molar-refractivity contribution in [1.29, 1.82) is 0 Å². The highest BCUT2D eigenvalue weighted by Crippen LogP contribution is 2.27. The van der Waals surface area contributed by atoms with Gasteiger partial charge in [-0.1, -0.05) is 12.1 Å². The molecule has 2 heterocycles. The fraction of sp³-hybridized carbons (Fsp3) is 0.143. The van der Waals surface area contributed by atoms with E-state index in [0.717, 1.165) is 28.3 Å². The van der Waals surface area contributed by atoms with Crippen molar-refractivity contribution in [2.45, 2.75) is 6.92 Å². The van der Waals surface area contributed by atoms with Crippen molar-refractivity contribution in [3.63, 3.8) is 0 Å². The maximum atomic E-state index is 5.35. The average molecular weight is 239 g/mol. The Morgan fingerprint density at radius 1 is 1.11 bits per heavy atom. The highest BCUT2D eigenvalue weighted by atomic mass is 16.5. The summed E-state index contributed by atoms with van der Waals surface area (Å²) in [5.41, 5.74) is 3.66. The molecule has 0 amide bonds. The number of hydrogen-bond donors (Lipinski definition) is 0. The maximum absolute atomic E-state index is 5.35. The number of benzene rings is 1. The number of aromatic nitrogens is 3. The fourth-order valence-corrected chi connectivity index (χ4v) is 2.00. The number of rotatable bonds is 2. The van der Waals surface area contributed by atoms with Crippen LogP contribution in [0.1, 0.15) is 5.69 Å². The largest absolute Gasteiger partial charge is 0.496 e. The zero-order chi connectivity index (χ0) is 12.5. The minimum absolute atomic E-state index is 0.821. The minimum atomic E-state index is 0.821. The molecule has 3 rings (SSSR count). The number of methoxy groups -OCH3 is 1. The first-order valence-corrected chi connectivity index (χ1v) is 5.74. The topological polar surface area (TPSA) is 39.4 Å². The SMILES string of the molecule is COc1ccccc1-c1ccc2nc(C)cn2n1. The summed E-state index contributed by atoms with van der Waals surface area (Å²) in [5.74, 6) is 0.821. The number of hydrogen-bond acceptors (Lipinski definition) is 3. The normalized spacial score (nSPS) is 10.8. The Balaban J connectivity index is 2.18. The van der Waals surface area contributed by atoms with Crippen molar-refractivity contribution in [2.75, 3.05) is 7.11 Å². The molecular formula is C14H13N3O. The summed E-state index contributed by atoms with van der Waals surface area (Å²) in [6.45, 7) is 1.96. The van der Waals surface area contributed by atoms with Gasteiger partial charge in [0.25, 0.3) is 0 Å². The second-order valence-corrected chi connectivity index (χ2v) is 4.10. The maximum Gasteiger partial charge on any atom is 0.153 e. The lowest BCUT2D eigenvalue weighted by Gasteiger charge is -2.07. The molecule has 0 atom stereocenters.